The highest BCUT2D eigenvalue weighted by Gasteiger charge is 2.19. The van der Waals surface area contributed by atoms with Crippen LogP contribution in [0.25, 0.3) is 0 Å². The van der Waals surface area contributed by atoms with Crippen LogP contribution in [0.4, 0.5) is 0 Å². The van der Waals surface area contributed by atoms with Gasteiger partial charge in [-0.1, -0.05) is 54.1 Å². The van der Waals surface area contributed by atoms with Crippen LogP contribution in [-0.4, -0.2) is 41.8 Å². The fourth-order valence-electron chi connectivity index (χ4n) is 3.52. The fourth-order valence-corrected chi connectivity index (χ4v) is 3.52. The number of likely N-dealkylation sites (tertiary alicyclic amines) is 1. The van der Waals surface area contributed by atoms with E-state index in [9.17, 15) is 4.79 Å². The summed E-state index contributed by atoms with van der Waals surface area (Å²) in [5, 5.41) is 3.38. The summed E-state index contributed by atoms with van der Waals surface area (Å²) in [7, 11) is 2.07. The van der Waals surface area contributed by atoms with Crippen molar-refractivity contribution in [3.63, 3.8) is 0 Å². The van der Waals surface area contributed by atoms with Crippen molar-refractivity contribution in [2.45, 2.75) is 46.3 Å². The van der Waals surface area contributed by atoms with Gasteiger partial charge in [-0.05, 0) is 37.0 Å². The Bertz CT molecular complexity index is 833. The summed E-state index contributed by atoms with van der Waals surface area (Å²) in [5.41, 5.74) is 4.89. The summed E-state index contributed by atoms with van der Waals surface area (Å²) in [5.74, 6) is 1.17. The maximum atomic E-state index is 11.8. The van der Waals surface area contributed by atoms with Crippen molar-refractivity contribution in [3.8, 4) is 0 Å². The van der Waals surface area contributed by atoms with Crippen LogP contribution >= 0.6 is 24.0 Å². The number of hydrogen-bond acceptors (Lipinski definition) is 2. The number of nitrogens with zero attached hydrogens (tertiary/aromatic N) is 3. The van der Waals surface area contributed by atoms with Gasteiger partial charge in [0.25, 0.3) is 0 Å². The largest absolute Gasteiger partial charge is 0.357 e. The SMILES string of the molecule is CCNC(=NCc1ccc(CN2CCCC2=O)cc1)N(C)Cc1ccc(C)cc1.I. The Morgan fingerprint density at radius 1 is 1.07 bits per heavy atom. The molecule has 6 heteroatoms. The molecule has 1 heterocycles. The Labute approximate surface area is 197 Å². The molecule has 1 aliphatic heterocycles. The Kier molecular flexibility index (Phi) is 9.62. The first-order valence-electron chi connectivity index (χ1n) is 10.5. The zero-order valence-corrected chi connectivity index (χ0v) is 20.6. The first-order valence-corrected chi connectivity index (χ1v) is 10.5. The molecule has 1 N–H and O–H groups in total. The van der Waals surface area contributed by atoms with Crippen LogP contribution in [0.3, 0.4) is 0 Å². The third kappa shape index (κ3) is 7.00. The molecule has 30 heavy (non-hydrogen) atoms. The molecule has 1 fully saturated rings. The van der Waals surface area contributed by atoms with Crippen LogP contribution in [0, 0.1) is 6.92 Å². The first kappa shape index (κ1) is 24.2. The molecule has 2 aromatic rings. The van der Waals surface area contributed by atoms with Gasteiger partial charge in [0.1, 0.15) is 0 Å². The van der Waals surface area contributed by atoms with Crippen molar-refractivity contribution in [1.82, 2.24) is 15.1 Å². The molecule has 5 nitrogen and oxygen atoms in total. The van der Waals surface area contributed by atoms with E-state index >= 15 is 0 Å². The Morgan fingerprint density at radius 2 is 1.70 bits per heavy atom. The summed E-state index contributed by atoms with van der Waals surface area (Å²) in [4.78, 5) is 20.7. The number of hydrogen-bond donors (Lipinski definition) is 1. The number of halogens is 1. The molecular formula is C24H33IN4O. The molecule has 0 radical (unpaired) electrons. The summed E-state index contributed by atoms with van der Waals surface area (Å²) >= 11 is 0. The molecule has 1 aliphatic rings. The number of aliphatic imine (C=N–C) groups is 1. The van der Waals surface area contributed by atoms with Gasteiger partial charge < -0.3 is 15.1 Å². The first-order chi connectivity index (χ1) is 14.0. The average Bonchev–Trinajstić information content (AvgIpc) is 3.12. The predicted octanol–water partition coefficient (Wildman–Crippen LogP) is 4.33. The van der Waals surface area contributed by atoms with Gasteiger partial charge in [-0.2, -0.15) is 0 Å². The third-order valence-electron chi connectivity index (χ3n) is 5.22. The normalized spacial score (nSPS) is 13.9. The van der Waals surface area contributed by atoms with Gasteiger partial charge in [-0.3, -0.25) is 4.79 Å². The number of aryl methyl sites for hydroxylation is 1. The monoisotopic (exact) mass is 520 g/mol. The van der Waals surface area contributed by atoms with Crippen molar-refractivity contribution < 1.29 is 4.79 Å². The molecule has 0 spiro atoms. The molecule has 162 valence electrons. The molecule has 0 saturated carbocycles. The quantitative estimate of drug-likeness (QED) is 0.336. The lowest BCUT2D eigenvalue weighted by Gasteiger charge is -2.22. The van der Waals surface area contributed by atoms with Crippen molar-refractivity contribution >= 4 is 35.8 Å². The van der Waals surface area contributed by atoms with Gasteiger partial charge in [0.2, 0.25) is 5.91 Å². The van der Waals surface area contributed by atoms with Gasteiger partial charge >= 0.3 is 0 Å². The van der Waals surface area contributed by atoms with Crippen LogP contribution in [-0.2, 0) is 24.4 Å². The molecule has 0 bridgehead atoms. The van der Waals surface area contributed by atoms with Gasteiger partial charge in [-0.25, -0.2) is 4.99 Å². The van der Waals surface area contributed by atoms with Crippen molar-refractivity contribution in [2.24, 2.45) is 4.99 Å². The third-order valence-corrected chi connectivity index (χ3v) is 5.22. The lowest BCUT2D eigenvalue weighted by Crippen LogP contribution is -2.38. The standard InChI is InChI=1S/C24H32N4O.HI/c1-4-25-24(27(3)17-21-9-7-19(2)8-10-21)26-16-20-11-13-22(14-12-20)18-28-15-5-6-23(28)29;/h7-14H,4-6,15-18H2,1-3H3,(H,25,26);1H. The number of carbonyl (C=O) groups excluding carboxylic acids is 1. The molecule has 0 aliphatic carbocycles. The topological polar surface area (TPSA) is 47.9 Å². The second kappa shape index (κ2) is 11.9. The Hall–Kier alpha value is -2.09. The number of guanidine groups is 1. The molecule has 1 amide bonds. The van der Waals surface area contributed by atoms with Crippen molar-refractivity contribution in [3.05, 3.63) is 70.8 Å². The number of carbonyl (C=O) groups is 1. The van der Waals surface area contributed by atoms with E-state index < -0.39 is 0 Å². The summed E-state index contributed by atoms with van der Waals surface area (Å²) in [6.07, 6.45) is 1.67. The lowest BCUT2D eigenvalue weighted by molar-refractivity contribution is -0.128. The van der Waals surface area contributed by atoms with Gasteiger partial charge in [-0.15, -0.1) is 24.0 Å². The maximum Gasteiger partial charge on any atom is 0.222 e. The minimum atomic E-state index is 0. The Balaban J connectivity index is 0.00000320. The number of nitrogens with one attached hydrogen (secondary N) is 1. The highest BCUT2D eigenvalue weighted by Crippen LogP contribution is 2.15. The summed E-state index contributed by atoms with van der Waals surface area (Å²) in [6.45, 7) is 8.06. The Morgan fingerprint density at radius 3 is 2.30 bits per heavy atom. The van der Waals surface area contributed by atoms with Crippen LogP contribution in [0.1, 0.15) is 42.0 Å². The van der Waals surface area contributed by atoms with E-state index in [0.717, 1.165) is 32.0 Å². The smallest absolute Gasteiger partial charge is 0.222 e. The molecular weight excluding hydrogens is 487 g/mol. The summed E-state index contributed by atoms with van der Waals surface area (Å²) < 4.78 is 0. The second-order valence-corrected chi connectivity index (χ2v) is 7.75. The van der Waals surface area contributed by atoms with Crippen LogP contribution in [0.2, 0.25) is 0 Å². The van der Waals surface area contributed by atoms with Crippen molar-refractivity contribution in [1.29, 1.82) is 0 Å². The van der Waals surface area contributed by atoms with E-state index in [-0.39, 0.29) is 29.9 Å². The molecule has 0 aromatic heterocycles. The predicted molar refractivity (Wildman–Crippen MR) is 134 cm³/mol. The van der Waals surface area contributed by atoms with Gasteiger partial charge in [0.15, 0.2) is 5.96 Å². The second-order valence-electron chi connectivity index (χ2n) is 7.75. The summed E-state index contributed by atoms with van der Waals surface area (Å²) in [6, 6.07) is 17.1. The van der Waals surface area contributed by atoms with E-state index in [1.807, 2.05) is 4.90 Å². The van der Waals surface area contributed by atoms with E-state index in [2.05, 4.69) is 79.6 Å². The molecule has 0 atom stereocenters. The van der Waals surface area contributed by atoms with E-state index in [0.29, 0.717) is 19.5 Å². The van der Waals surface area contributed by atoms with E-state index in [1.54, 1.807) is 0 Å². The van der Waals surface area contributed by atoms with E-state index in [4.69, 9.17) is 4.99 Å². The molecule has 3 rings (SSSR count). The molecule has 0 unspecified atom stereocenters. The number of benzene rings is 2. The van der Waals surface area contributed by atoms with Crippen LogP contribution in [0.5, 0.6) is 0 Å². The minimum absolute atomic E-state index is 0. The number of rotatable bonds is 7. The number of amides is 1. The van der Waals surface area contributed by atoms with Gasteiger partial charge in [0, 0.05) is 39.6 Å². The zero-order valence-electron chi connectivity index (χ0n) is 18.2. The van der Waals surface area contributed by atoms with Crippen molar-refractivity contribution in [2.75, 3.05) is 20.1 Å². The lowest BCUT2D eigenvalue weighted by atomic mass is 10.1. The minimum Gasteiger partial charge on any atom is -0.357 e. The molecule has 2 aromatic carbocycles. The maximum absolute atomic E-state index is 11.8. The highest BCUT2D eigenvalue weighted by atomic mass is 127. The average molecular weight is 520 g/mol. The van der Waals surface area contributed by atoms with Crippen LogP contribution < -0.4 is 5.32 Å². The molecule has 1 saturated heterocycles. The van der Waals surface area contributed by atoms with E-state index in [1.165, 1.54) is 22.3 Å². The van der Waals surface area contributed by atoms with Crippen LogP contribution in [0.15, 0.2) is 53.5 Å². The highest BCUT2D eigenvalue weighted by molar-refractivity contribution is 14.0. The van der Waals surface area contributed by atoms with Gasteiger partial charge in [0.05, 0.1) is 6.54 Å². The fraction of sp³-hybridized carbons (Fsp3) is 0.417. The zero-order chi connectivity index (χ0) is 20.6.